The van der Waals surface area contributed by atoms with Crippen molar-refractivity contribution < 1.29 is 13.5 Å². The maximum Gasteiger partial charge on any atom is 0.160 e. The SMILES string of the molecule is Cc1cc(-n2nc(Nc3ccc(F)c(F)c3)cc2CCCOCc2ccccc2)ccn1. The van der Waals surface area contributed by atoms with Gasteiger partial charge in [-0.25, -0.2) is 13.5 Å². The van der Waals surface area contributed by atoms with Gasteiger partial charge in [-0.1, -0.05) is 30.3 Å². The second-order valence-corrected chi connectivity index (χ2v) is 7.48. The average Bonchev–Trinajstić information content (AvgIpc) is 3.19. The highest BCUT2D eigenvalue weighted by atomic mass is 19.2. The van der Waals surface area contributed by atoms with Crippen molar-refractivity contribution in [3.63, 3.8) is 0 Å². The Labute approximate surface area is 185 Å². The van der Waals surface area contributed by atoms with Crippen molar-refractivity contribution in [2.45, 2.75) is 26.4 Å². The summed E-state index contributed by atoms with van der Waals surface area (Å²) in [5.74, 6) is -1.25. The number of ether oxygens (including phenoxy) is 1. The van der Waals surface area contributed by atoms with E-state index in [2.05, 4.69) is 15.4 Å². The highest BCUT2D eigenvalue weighted by Gasteiger charge is 2.12. The van der Waals surface area contributed by atoms with Crippen LogP contribution in [-0.4, -0.2) is 21.4 Å². The van der Waals surface area contributed by atoms with E-state index in [9.17, 15) is 8.78 Å². The fraction of sp³-hybridized carbons (Fsp3) is 0.200. The van der Waals surface area contributed by atoms with Gasteiger partial charge in [0.25, 0.3) is 0 Å². The molecule has 4 aromatic rings. The van der Waals surface area contributed by atoms with Crippen LogP contribution in [0.1, 0.15) is 23.4 Å². The second-order valence-electron chi connectivity index (χ2n) is 7.48. The number of pyridine rings is 1. The van der Waals surface area contributed by atoms with Crippen LogP contribution in [0.25, 0.3) is 5.69 Å². The van der Waals surface area contributed by atoms with E-state index < -0.39 is 11.6 Å². The summed E-state index contributed by atoms with van der Waals surface area (Å²) in [4.78, 5) is 4.25. The van der Waals surface area contributed by atoms with Crippen molar-refractivity contribution in [3.05, 3.63) is 102 Å². The van der Waals surface area contributed by atoms with Crippen molar-refractivity contribution in [1.82, 2.24) is 14.8 Å². The number of rotatable bonds is 9. The van der Waals surface area contributed by atoms with Gasteiger partial charge in [-0.15, -0.1) is 5.10 Å². The average molecular weight is 434 g/mol. The van der Waals surface area contributed by atoms with Crippen LogP contribution >= 0.6 is 0 Å². The highest BCUT2D eigenvalue weighted by Crippen LogP contribution is 2.22. The quantitative estimate of drug-likeness (QED) is 0.341. The number of nitrogens with zero attached hydrogens (tertiary/aromatic N) is 3. The molecule has 1 N–H and O–H groups in total. The Hall–Kier alpha value is -3.58. The van der Waals surface area contributed by atoms with Crippen molar-refractivity contribution in [2.75, 3.05) is 11.9 Å². The minimum Gasteiger partial charge on any atom is -0.377 e. The van der Waals surface area contributed by atoms with E-state index in [0.29, 0.717) is 24.7 Å². The van der Waals surface area contributed by atoms with Crippen molar-refractivity contribution in [1.29, 1.82) is 0 Å². The summed E-state index contributed by atoms with van der Waals surface area (Å²) < 4.78 is 34.5. The fourth-order valence-electron chi connectivity index (χ4n) is 3.39. The first-order valence-corrected chi connectivity index (χ1v) is 10.4. The molecule has 0 aliphatic heterocycles. The van der Waals surface area contributed by atoms with E-state index in [1.54, 1.807) is 6.20 Å². The molecule has 0 aliphatic carbocycles. The minimum atomic E-state index is -0.907. The molecule has 0 spiro atoms. The molecule has 4 rings (SSSR count). The first-order valence-electron chi connectivity index (χ1n) is 10.4. The molecule has 0 radical (unpaired) electrons. The number of aromatic nitrogens is 3. The molecule has 0 amide bonds. The molecule has 5 nitrogen and oxygen atoms in total. The zero-order valence-electron chi connectivity index (χ0n) is 17.8. The molecule has 2 aromatic carbocycles. The van der Waals surface area contributed by atoms with Crippen LogP contribution in [0.4, 0.5) is 20.3 Å². The third kappa shape index (κ3) is 5.56. The third-order valence-electron chi connectivity index (χ3n) is 4.93. The van der Waals surface area contributed by atoms with Gasteiger partial charge in [0.15, 0.2) is 17.5 Å². The molecule has 2 heterocycles. The summed E-state index contributed by atoms with van der Waals surface area (Å²) in [6, 6.07) is 19.5. The Bertz CT molecular complexity index is 1180. The molecule has 0 unspecified atom stereocenters. The smallest absolute Gasteiger partial charge is 0.160 e. The van der Waals surface area contributed by atoms with Crippen LogP contribution < -0.4 is 5.32 Å². The Balaban J connectivity index is 1.47. The van der Waals surface area contributed by atoms with Gasteiger partial charge < -0.3 is 10.1 Å². The summed E-state index contributed by atoms with van der Waals surface area (Å²) in [5, 5.41) is 7.69. The summed E-state index contributed by atoms with van der Waals surface area (Å²) in [6.45, 7) is 3.11. The van der Waals surface area contributed by atoms with Crippen LogP contribution in [0.3, 0.4) is 0 Å². The Morgan fingerprint density at radius 2 is 1.81 bits per heavy atom. The Morgan fingerprint density at radius 3 is 2.59 bits per heavy atom. The van der Waals surface area contributed by atoms with Crippen LogP contribution in [-0.2, 0) is 17.8 Å². The number of benzene rings is 2. The van der Waals surface area contributed by atoms with E-state index >= 15 is 0 Å². The molecule has 2 aromatic heterocycles. The van der Waals surface area contributed by atoms with Crippen LogP contribution in [0.2, 0.25) is 0 Å². The van der Waals surface area contributed by atoms with E-state index in [0.717, 1.165) is 47.6 Å². The monoisotopic (exact) mass is 434 g/mol. The fourth-order valence-corrected chi connectivity index (χ4v) is 3.39. The topological polar surface area (TPSA) is 52.0 Å². The number of hydrogen-bond donors (Lipinski definition) is 1. The van der Waals surface area contributed by atoms with E-state index in [4.69, 9.17) is 4.74 Å². The summed E-state index contributed by atoms with van der Waals surface area (Å²) in [6.07, 6.45) is 3.29. The van der Waals surface area contributed by atoms with Crippen LogP contribution in [0.5, 0.6) is 0 Å². The van der Waals surface area contributed by atoms with Gasteiger partial charge in [0, 0.05) is 42.0 Å². The predicted octanol–water partition coefficient (Wildman–Crippen LogP) is 5.75. The molecule has 0 saturated heterocycles. The first kappa shape index (κ1) is 21.6. The molecule has 0 atom stereocenters. The van der Waals surface area contributed by atoms with Gasteiger partial charge in [-0.2, -0.15) is 0 Å². The zero-order valence-corrected chi connectivity index (χ0v) is 17.8. The van der Waals surface area contributed by atoms with Crippen LogP contribution in [0, 0.1) is 18.6 Å². The Kier molecular flexibility index (Phi) is 6.87. The van der Waals surface area contributed by atoms with Gasteiger partial charge in [0.05, 0.1) is 12.3 Å². The van der Waals surface area contributed by atoms with E-state index in [1.165, 1.54) is 6.07 Å². The lowest BCUT2D eigenvalue weighted by atomic mass is 10.2. The Morgan fingerprint density at radius 1 is 0.969 bits per heavy atom. The van der Waals surface area contributed by atoms with E-state index in [1.807, 2.05) is 60.1 Å². The van der Waals surface area contributed by atoms with Gasteiger partial charge in [0.2, 0.25) is 0 Å². The molecule has 7 heteroatoms. The summed E-state index contributed by atoms with van der Waals surface area (Å²) >= 11 is 0. The maximum atomic E-state index is 13.6. The van der Waals surface area contributed by atoms with Gasteiger partial charge >= 0.3 is 0 Å². The van der Waals surface area contributed by atoms with Gasteiger partial charge in [0.1, 0.15) is 0 Å². The minimum absolute atomic E-state index is 0.428. The molecule has 0 saturated carbocycles. The molecule has 0 aliphatic rings. The molecule has 32 heavy (non-hydrogen) atoms. The molecule has 0 bridgehead atoms. The first-order chi connectivity index (χ1) is 15.6. The molecular formula is C25H24F2N4O. The summed E-state index contributed by atoms with van der Waals surface area (Å²) in [5.41, 5.74) is 4.31. The normalized spacial score (nSPS) is 11.0. The van der Waals surface area contributed by atoms with Gasteiger partial charge in [-0.05, 0) is 49.6 Å². The van der Waals surface area contributed by atoms with Crippen molar-refractivity contribution >= 4 is 11.5 Å². The lowest BCUT2D eigenvalue weighted by Crippen LogP contribution is -2.05. The number of nitrogens with one attached hydrogen (secondary N) is 1. The van der Waals surface area contributed by atoms with Gasteiger partial charge in [-0.3, -0.25) is 4.98 Å². The number of hydrogen-bond acceptors (Lipinski definition) is 4. The lowest BCUT2D eigenvalue weighted by molar-refractivity contribution is 0.118. The third-order valence-corrected chi connectivity index (χ3v) is 4.93. The largest absolute Gasteiger partial charge is 0.377 e. The molecule has 164 valence electrons. The predicted molar refractivity (Wildman–Crippen MR) is 120 cm³/mol. The molecular weight excluding hydrogens is 410 g/mol. The number of halogens is 2. The highest BCUT2D eigenvalue weighted by molar-refractivity contribution is 5.57. The number of aryl methyl sites for hydroxylation is 2. The van der Waals surface area contributed by atoms with E-state index in [-0.39, 0.29) is 0 Å². The zero-order chi connectivity index (χ0) is 22.3. The second kappa shape index (κ2) is 10.2. The standard InChI is InChI=1S/C25H24F2N4O/c1-18-14-22(11-12-28-18)31-21(8-5-13-32-17-19-6-3-2-4-7-19)16-25(30-31)29-20-9-10-23(26)24(27)15-20/h2-4,6-7,9-12,14-16H,5,8,13,17H2,1H3,(H,29,30). The van der Waals surface area contributed by atoms with Crippen molar-refractivity contribution in [3.8, 4) is 5.69 Å². The summed E-state index contributed by atoms with van der Waals surface area (Å²) in [7, 11) is 0. The lowest BCUT2D eigenvalue weighted by Gasteiger charge is -2.08. The number of anilines is 2. The maximum absolute atomic E-state index is 13.6. The van der Waals surface area contributed by atoms with Crippen molar-refractivity contribution in [2.24, 2.45) is 0 Å². The molecule has 0 fully saturated rings. The van der Waals surface area contributed by atoms with Crippen LogP contribution in [0.15, 0.2) is 72.9 Å².